The molecule has 0 saturated heterocycles. The van der Waals surface area contributed by atoms with Gasteiger partial charge in [0.1, 0.15) is 5.01 Å². The van der Waals surface area contributed by atoms with Crippen molar-refractivity contribution in [1.82, 2.24) is 25.4 Å². The lowest BCUT2D eigenvalue weighted by Gasteiger charge is -2.12. The van der Waals surface area contributed by atoms with E-state index in [0.29, 0.717) is 19.0 Å². The van der Waals surface area contributed by atoms with E-state index in [1.54, 1.807) is 17.5 Å². The summed E-state index contributed by atoms with van der Waals surface area (Å²) in [6, 6.07) is 10.3. The summed E-state index contributed by atoms with van der Waals surface area (Å²) in [5.41, 5.74) is 3.58. The minimum atomic E-state index is 0.457. The van der Waals surface area contributed by atoms with Gasteiger partial charge in [0.15, 0.2) is 5.96 Å². The minimum Gasteiger partial charge on any atom is -0.357 e. The highest BCUT2D eigenvalue weighted by Gasteiger charge is 2.07. The molecule has 6 nitrogen and oxygen atoms in total. The molecule has 1 aromatic carbocycles. The highest BCUT2D eigenvalue weighted by atomic mass is 32.1. The zero-order valence-electron chi connectivity index (χ0n) is 16.7. The molecule has 0 fully saturated rings. The summed E-state index contributed by atoms with van der Waals surface area (Å²) in [5, 5.41) is 14.2. The SMILES string of the molecule is CCNC(=NCc1ccccc1Cn1cccn1)NCc1nc(C(C)C)cs1. The number of nitrogens with one attached hydrogen (secondary N) is 2. The third-order valence-electron chi connectivity index (χ3n) is 4.33. The molecule has 2 N–H and O–H groups in total. The smallest absolute Gasteiger partial charge is 0.191 e. The average molecular weight is 397 g/mol. The molecule has 0 aliphatic heterocycles. The fourth-order valence-corrected chi connectivity index (χ4v) is 3.67. The Balaban J connectivity index is 1.65. The summed E-state index contributed by atoms with van der Waals surface area (Å²) in [6.45, 7) is 9.26. The van der Waals surface area contributed by atoms with Crippen LogP contribution in [0, 0.1) is 0 Å². The molecule has 0 radical (unpaired) electrons. The van der Waals surface area contributed by atoms with Gasteiger partial charge in [-0.05, 0) is 30.0 Å². The molecule has 0 aliphatic carbocycles. The first-order chi connectivity index (χ1) is 13.7. The summed E-state index contributed by atoms with van der Waals surface area (Å²) < 4.78 is 1.93. The van der Waals surface area contributed by atoms with Crippen LogP contribution in [0.3, 0.4) is 0 Å². The van der Waals surface area contributed by atoms with Crippen molar-refractivity contribution in [2.24, 2.45) is 4.99 Å². The molecular formula is C21H28N6S. The van der Waals surface area contributed by atoms with Crippen LogP contribution in [0.15, 0.2) is 53.1 Å². The molecule has 148 valence electrons. The lowest BCUT2D eigenvalue weighted by atomic mass is 10.1. The summed E-state index contributed by atoms with van der Waals surface area (Å²) in [6.07, 6.45) is 3.78. The van der Waals surface area contributed by atoms with Gasteiger partial charge in [-0.3, -0.25) is 4.68 Å². The van der Waals surface area contributed by atoms with Crippen LogP contribution >= 0.6 is 11.3 Å². The van der Waals surface area contributed by atoms with Crippen molar-refractivity contribution in [3.05, 3.63) is 69.9 Å². The highest BCUT2D eigenvalue weighted by molar-refractivity contribution is 7.09. The molecule has 0 amide bonds. The fraction of sp³-hybridized carbons (Fsp3) is 0.381. The van der Waals surface area contributed by atoms with E-state index in [9.17, 15) is 0 Å². The van der Waals surface area contributed by atoms with Crippen LogP contribution in [-0.2, 0) is 19.6 Å². The Morgan fingerprint density at radius 3 is 2.68 bits per heavy atom. The summed E-state index contributed by atoms with van der Waals surface area (Å²) >= 11 is 1.69. The largest absolute Gasteiger partial charge is 0.357 e. The Hall–Kier alpha value is -2.67. The first kappa shape index (κ1) is 20.1. The first-order valence-electron chi connectivity index (χ1n) is 9.66. The maximum Gasteiger partial charge on any atom is 0.191 e. The van der Waals surface area contributed by atoms with Crippen molar-refractivity contribution in [3.63, 3.8) is 0 Å². The average Bonchev–Trinajstić information content (AvgIpc) is 3.37. The van der Waals surface area contributed by atoms with Crippen LogP contribution in [-0.4, -0.2) is 27.3 Å². The standard InChI is InChI=1S/C21H28N6S/c1-4-22-21(24-13-20-26-19(15-28-20)16(2)3)23-12-17-8-5-6-9-18(17)14-27-11-7-10-25-27/h5-11,15-16H,4,12-14H2,1-3H3,(H2,22,23,24). The van der Waals surface area contributed by atoms with E-state index in [4.69, 9.17) is 4.99 Å². The van der Waals surface area contributed by atoms with Gasteiger partial charge in [0.05, 0.1) is 25.3 Å². The molecule has 0 unspecified atom stereocenters. The number of nitrogens with zero attached hydrogens (tertiary/aromatic N) is 4. The molecule has 0 bridgehead atoms. The zero-order valence-corrected chi connectivity index (χ0v) is 17.5. The van der Waals surface area contributed by atoms with Gasteiger partial charge in [-0.15, -0.1) is 11.3 Å². The van der Waals surface area contributed by atoms with Crippen LogP contribution in [0.1, 0.15) is 48.5 Å². The lowest BCUT2D eigenvalue weighted by Crippen LogP contribution is -2.36. The predicted molar refractivity (Wildman–Crippen MR) is 116 cm³/mol. The zero-order chi connectivity index (χ0) is 19.8. The number of hydrogen-bond acceptors (Lipinski definition) is 4. The van der Waals surface area contributed by atoms with Crippen molar-refractivity contribution in [1.29, 1.82) is 0 Å². The maximum absolute atomic E-state index is 4.77. The van der Waals surface area contributed by atoms with Crippen LogP contribution in [0.5, 0.6) is 0 Å². The van der Waals surface area contributed by atoms with Gasteiger partial charge in [0.25, 0.3) is 0 Å². The van der Waals surface area contributed by atoms with Gasteiger partial charge in [-0.1, -0.05) is 38.1 Å². The second-order valence-electron chi connectivity index (χ2n) is 6.84. The van der Waals surface area contributed by atoms with Gasteiger partial charge in [0.2, 0.25) is 0 Å². The molecule has 7 heteroatoms. The summed E-state index contributed by atoms with van der Waals surface area (Å²) in [4.78, 5) is 9.45. The Kier molecular flexibility index (Phi) is 7.19. The van der Waals surface area contributed by atoms with E-state index in [1.165, 1.54) is 11.1 Å². The normalized spacial score (nSPS) is 11.8. The molecule has 0 saturated carbocycles. The number of hydrogen-bond donors (Lipinski definition) is 2. The van der Waals surface area contributed by atoms with E-state index in [0.717, 1.165) is 29.8 Å². The topological polar surface area (TPSA) is 67.1 Å². The molecule has 28 heavy (non-hydrogen) atoms. The molecule has 3 aromatic rings. The molecule has 0 spiro atoms. The van der Waals surface area contributed by atoms with Crippen molar-refractivity contribution in [3.8, 4) is 0 Å². The Bertz CT molecular complexity index is 882. The number of aliphatic imine (C=N–C) groups is 1. The maximum atomic E-state index is 4.77. The second-order valence-corrected chi connectivity index (χ2v) is 7.78. The number of rotatable bonds is 8. The molecule has 3 rings (SSSR count). The van der Waals surface area contributed by atoms with Crippen LogP contribution < -0.4 is 10.6 Å². The number of thiazole rings is 1. The third-order valence-corrected chi connectivity index (χ3v) is 5.20. The molecule has 0 atom stereocenters. The van der Waals surface area contributed by atoms with Gasteiger partial charge in [-0.25, -0.2) is 9.98 Å². The Labute approximate surface area is 170 Å². The van der Waals surface area contributed by atoms with Crippen LogP contribution in [0.4, 0.5) is 0 Å². The van der Waals surface area contributed by atoms with E-state index in [1.807, 2.05) is 16.9 Å². The lowest BCUT2D eigenvalue weighted by molar-refractivity contribution is 0.680. The van der Waals surface area contributed by atoms with Crippen molar-refractivity contribution < 1.29 is 0 Å². The number of aromatic nitrogens is 3. The fourth-order valence-electron chi connectivity index (χ4n) is 2.77. The Morgan fingerprint density at radius 2 is 2.00 bits per heavy atom. The first-order valence-corrected chi connectivity index (χ1v) is 10.5. The van der Waals surface area contributed by atoms with E-state index < -0.39 is 0 Å². The van der Waals surface area contributed by atoms with E-state index >= 15 is 0 Å². The monoisotopic (exact) mass is 396 g/mol. The number of benzene rings is 1. The van der Waals surface area contributed by atoms with Crippen molar-refractivity contribution in [2.45, 2.75) is 46.3 Å². The van der Waals surface area contributed by atoms with Gasteiger partial charge < -0.3 is 10.6 Å². The molecular weight excluding hydrogens is 368 g/mol. The van der Waals surface area contributed by atoms with Gasteiger partial charge in [-0.2, -0.15) is 5.10 Å². The van der Waals surface area contributed by atoms with Crippen LogP contribution in [0.2, 0.25) is 0 Å². The van der Waals surface area contributed by atoms with Crippen molar-refractivity contribution >= 4 is 17.3 Å². The Morgan fingerprint density at radius 1 is 1.18 bits per heavy atom. The highest BCUT2D eigenvalue weighted by Crippen LogP contribution is 2.17. The minimum absolute atomic E-state index is 0.457. The summed E-state index contributed by atoms with van der Waals surface area (Å²) in [7, 11) is 0. The van der Waals surface area contributed by atoms with Crippen molar-refractivity contribution in [2.75, 3.05) is 6.54 Å². The van der Waals surface area contributed by atoms with Gasteiger partial charge in [0, 0.05) is 24.3 Å². The van der Waals surface area contributed by atoms with E-state index in [2.05, 4.69) is 71.1 Å². The quantitative estimate of drug-likeness (QED) is 0.449. The summed E-state index contributed by atoms with van der Waals surface area (Å²) in [5.74, 6) is 1.26. The third kappa shape index (κ3) is 5.66. The number of guanidine groups is 1. The van der Waals surface area contributed by atoms with Gasteiger partial charge >= 0.3 is 0 Å². The molecule has 0 aliphatic rings. The van der Waals surface area contributed by atoms with E-state index in [-0.39, 0.29) is 0 Å². The predicted octanol–water partition coefficient (Wildman–Crippen LogP) is 3.77. The molecule has 2 aromatic heterocycles. The second kappa shape index (κ2) is 10.0. The van der Waals surface area contributed by atoms with Crippen LogP contribution in [0.25, 0.3) is 0 Å². The molecule has 2 heterocycles.